The number of aromatic amines is 1. The van der Waals surface area contributed by atoms with Crippen molar-refractivity contribution in [3.8, 4) is 17.1 Å². The minimum absolute atomic E-state index is 0.208. The normalized spacial score (nSPS) is 10.3. The van der Waals surface area contributed by atoms with Crippen molar-refractivity contribution >= 4 is 34.1 Å². The Balaban J connectivity index is 2.54. The molecule has 0 saturated carbocycles. The number of halogens is 1. The SMILES string of the molecule is COC(=O)c1c(C)[nH]c(-c2ccc(OC)c(Br)c2)nc1=S. The number of H-pyrrole nitrogens is 1. The Labute approximate surface area is 135 Å². The summed E-state index contributed by atoms with van der Waals surface area (Å²) in [6.07, 6.45) is 0. The second-order valence-corrected chi connectivity index (χ2v) is 5.47. The molecule has 1 heterocycles. The van der Waals surface area contributed by atoms with Crippen molar-refractivity contribution in [1.82, 2.24) is 9.97 Å². The van der Waals surface area contributed by atoms with Crippen LogP contribution in [-0.2, 0) is 4.74 Å². The average molecular weight is 369 g/mol. The van der Waals surface area contributed by atoms with E-state index in [0.717, 1.165) is 15.8 Å². The second-order valence-electron chi connectivity index (χ2n) is 4.23. The molecule has 0 saturated heterocycles. The molecule has 1 aromatic heterocycles. The van der Waals surface area contributed by atoms with Crippen molar-refractivity contribution in [2.75, 3.05) is 14.2 Å². The lowest BCUT2D eigenvalue weighted by Gasteiger charge is -2.09. The van der Waals surface area contributed by atoms with Crippen LogP contribution in [0.15, 0.2) is 22.7 Å². The molecule has 110 valence electrons. The number of hydrogen-bond donors (Lipinski definition) is 1. The molecule has 0 atom stereocenters. The van der Waals surface area contributed by atoms with Crippen molar-refractivity contribution in [1.29, 1.82) is 0 Å². The van der Waals surface area contributed by atoms with Crippen molar-refractivity contribution in [3.05, 3.63) is 38.6 Å². The zero-order valence-electron chi connectivity index (χ0n) is 11.7. The first-order chi connectivity index (χ1) is 9.97. The number of aromatic nitrogens is 2. The number of benzene rings is 1. The summed E-state index contributed by atoms with van der Waals surface area (Å²) >= 11 is 8.61. The van der Waals surface area contributed by atoms with Crippen LogP contribution in [-0.4, -0.2) is 30.2 Å². The summed E-state index contributed by atoms with van der Waals surface area (Å²) in [5.41, 5.74) is 1.72. The lowest BCUT2D eigenvalue weighted by atomic mass is 10.2. The van der Waals surface area contributed by atoms with E-state index in [1.807, 2.05) is 18.2 Å². The van der Waals surface area contributed by atoms with E-state index in [-0.39, 0.29) is 10.2 Å². The number of nitrogens with one attached hydrogen (secondary N) is 1. The van der Waals surface area contributed by atoms with Crippen LogP contribution in [0, 0.1) is 11.6 Å². The molecule has 0 aliphatic rings. The highest BCUT2D eigenvalue weighted by atomic mass is 79.9. The van der Waals surface area contributed by atoms with Gasteiger partial charge in [0.05, 0.1) is 18.7 Å². The Morgan fingerprint density at radius 2 is 2.10 bits per heavy atom. The molecule has 0 fully saturated rings. The summed E-state index contributed by atoms with van der Waals surface area (Å²) in [5, 5.41) is 0. The smallest absolute Gasteiger partial charge is 0.342 e. The molecule has 0 unspecified atom stereocenters. The molecule has 0 bridgehead atoms. The molecule has 1 N–H and O–H groups in total. The van der Waals surface area contributed by atoms with E-state index in [1.54, 1.807) is 14.0 Å². The molecular formula is C14H13BrN2O3S. The first-order valence-electron chi connectivity index (χ1n) is 6.01. The van der Waals surface area contributed by atoms with Gasteiger partial charge in [0, 0.05) is 11.3 Å². The minimum Gasteiger partial charge on any atom is -0.496 e. The lowest BCUT2D eigenvalue weighted by molar-refractivity contribution is 0.0598. The van der Waals surface area contributed by atoms with E-state index >= 15 is 0 Å². The van der Waals surface area contributed by atoms with Crippen molar-refractivity contribution < 1.29 is 14.3 Å². The van der Waals surface area contributed by atoms with E-state index in [9.17, 15) is 4.79 Å². The van der Waals surface area contributed by atoms with E-state index in [0.29, 0.717) is 11.5 Å². The maximum absolute atomic E-state index is 11.7. The number of methoxy groups -OCH3 is 2. The van der Waals surface area contributed by atoms with Gasteiger partial charge >= 0.3 is 5.97 Å². The molecule has 21 heavy (non-hydrogen) atoms. The number of hydrogen-bond acceptors (Lipinski definition) is 5. The molecule has 0 spiro atoms. The number of carbonyl (C=O) groups is 1. The third kappa shape index (κ3) is 3.14. The molecule has 0 amide bonds. The number of aryl methyl sites for hydroxylation is 1. The fourth-order valence-corrected chi connectivity index (χ4v) is 2.75. The van der Waals surface area contributed by atoms with Crippen LogP contribution in [0.2, 0.25) is 0 Å². The fraction of sp³-hybridized carbons (Fsp3) is 0.214. The number of nitrogens with zero attached hydrogens (tertiary/aromatic N) is 1. The highest BCUT2D eigenvalue weighted by Gasteiger charge is 2.15. The van der Waals surface area contributed by atoms with E-state index in [2.05, 4.69) is 25.9 Å². The third-order valence-electron chi connectivity index (χ3n) is 2.92. The van der Waals surface area contributed by atoms with Gasteiger partial charge in [-0.25, -0.2) is 9.78 Å². The largest absolute Gasteiger partial charge is 0.496 e. The van der Waals surface area contributed by atoms with Crippen LogP contribution in [0.4, 0.5) is 0 Å². The van der Waals surface area contributed by atoms with Crippen molar-refractivity contribution in [3.63, 3.8) is 0 Å². The Hall–Kier alpha value is -1.73. The Morgan fingerprint density at radius 1 is 1.38 bits per heavy atom. The van der Waals surface area contributed by atoms with Gasteiger partial charge in [0.1, 0.15) is 21.8 Å². The van der Waals surface area contributed by atoms with Gasteiger partial charge in [-0.15, -0.1) is 0 Å². The standard InChI is InChI=1S/C14H13BrN2O3S/c1-7-11(14(18)20-3)13(21)17-12(16-7)8-4-5-10(19-2)9(15)6-8/h4-6H,1-3H3,(H,16,17,21). The van der Waals surface area contributed by atoms with Crippen molar-refractivity contribution in [2.45, 2.75) is 6.92 Å². The molecular weight excluding hydrogens is 356 g/mol. The summed E-state index contributed by atoms with van der Waals surface area (Å²) in [5.74, 6) is 0.803. The van der Waals surface area contributed by atoms with E-state index in [4.69, 9.17) is 21.7 Å². The molecule has 2 aromatic rings. The molecule has 0 aliphatic carbocycles. The Kier molecular flexibility index (Phi) is 4.74. The minimum atomic E-state index is -0.497. The molecule has 0 aliphatic heterocycles. The maximum atomic E-state index is 11.7. The summed E-state index contributed by atoms with van der Waals surface area (Å²) in [4.78, 5) is 19.0. The summed E-state index contributed by atoms with van der Waals surface area (Å²) in [6, 6.07) is 5.54. The number of esters is 1. The number of carbonyl (C=O) groups excluding carboxylic acids is 1. The van der Waals surface area contributed by atoms with E-state index in [1.165, 1.54) is 7.11 Å². The highest BCUT2D eigenvalue weighted by molar-refractivity contribution is 9.10. The Morgan fingerprint density at radius 3 is 2.62 bits per heavy atom. The van der Waals surface area contributed by atoms with Gasteiger partial charge in [0.2, 0.25) is 0 Å². The Bertz CT molecular complexity index is 758. The van der Waals surface area contributed by atoms with Crippen LogP contribution in [0.1, 0.15) is 16.1 Å². The number of rotatable bonds is 3. The molecule has 0 radical (unpaired) electrons. The van der Waals surface area contributed by atoms with Gasteiger partial charge in [-0.05, 0) is 41.1 Å². The van der Waals surface area contributed by atoms with Gasteiger partial charge < -0.3 is 14.5 Å². The predicted molar refractivity (Wildman–Crippen MR) is 85.2 cm³/mol. The van der Waals surface area contributed by atoms with Gasteiger partial charge in [-0.2, -0.15) is 0 Å². The summed E-state index contributed by atoms with van der Waals surface area (Å²) in [6.45, 7) is 1.76. The van der Waals surface area contributed by atoms with Crippen LogP contribution in [0.3, 0.4) is 0 Å². The quantitative estimate of drug-likeness (QED) is 0.661. The molecule has 7 heteroatoms. The van der Waals surface area contributed by atoms with Gasteiger partial charge in [-0.3, -0.25) is 0 Å². The maximum Gasteiger partial charge on any atom is 0.342 e. The summed E-state index contributed by atoms with van der Waals surface area (Å²) in [7, 11) is 2.91. The lowest BCUT2D eigenvalue weighted by Crippen LogP contribution is -2.08. The molecule has 5 nitrogen and oxygen atoms in total. The van der Waals surface area contributed by atoms with Gasteiger partial charge in [-0.1, -0.05) is 12.2 Å². The van der Waals surface area contributed by atoms with Crippen LogP contribution in [0.5, 0.6) is 5.75 Å². The third-order valence-corrected chi connectivity index (χ3v) is 3.84. The zero-order valence-corrected chi connectivity index (χ0v) is 14.1. The highest BCUT2D eigenvalue weighted by Crippen LogP contribution is 2.29. The number of ether oxygens (including phenoxy) is 2. The van der Waals surface area contributed by atoms with E-state index < -0.39 is 5.97 Å². The fourth-order valence-electron chi connectivity index (χ4n) is 1.88. The van der Waals surface area contributed by atoms with Crippen LogP contribution < -0.4 is 4.74 Å². The topological polar surface area (TPSA) is 64.2 Å². The zero-order chi connectivity index (χ0) is 15.6. The molecule has 1 aromatic carbocycles. The average Bonchev–Trinajstić information content (AvgIpc) is 2.46. The summed E-state index contributed by atoms with van der Waals surface area (Å²) < 4.78 is 10.9. The van der Waals surface area contributed by atoms with Gasteiger partial charge in [0.25, 0.3) is 0 Å². The monoisotopic (exact) mass is 368 g/mol. The second kappa shape index (κ2) is 6.36. The molecule has 2 rings (SSSR count). The van der Waals surface area contributed by atoms with Gasteiger partial charge in [0.15, 0.2) is 0 Å². The predicted octanol–water partition coefficient (Wildman–Crippen LogP) is 3.67. The van der Waals surface area contributed by atoms with Crippen molar-refractivity contribution in [2.24, 2.45) is 0 Å². The van der Waals surface area contributed by atoms with Crippen LogP contribution >= 0.6 is 28.1 Å². The first-order valence-corrected chi connectivity index (χ1v) is 7.21. The first kappa shape index (κ1) is 15.7. The van der Waals surface area contributed by atoms with Crippen LogP contribution in [0.25, 0.3) is 11.4 Å².